The Balaban J connectivity index is 1.16. The second kappa shape index (κ2) is 13.1. The van der Waals surface area contributed by atoms with E-state index in [-0.39, 0.29) is 29.9 Å². The highest BCUT2D eigenvalue weighted by Gasteiger charge is 2.68. The molecule has 4 heterocycles. The number of fused-ring (bicyclic) bond motifs is 5. The molecule has 2 aromatic heterocycles. The number of halogens is 1. The van der Waals surface area contributed by atoms with Gasteiger partial charge in [-0.25, -0.2) is 4.90 Å². The highest BCUT2D eigenvalue weighted by Crippen LogP contribution is 2.64. The average molecular weight is 785 g/mol. The van der Waals surface area contributed by atoms with Crippen molar-refractivity contribution in [3.05, 3.63) is 118 Å². The maximum Gasteiger partial charge on any atom is 0.242 e. The van der Waals surface area contributed by atoms with Gasteiger partial charge in [0.2, 0.25) is 23.6 Å². The fraction of sp³-hybridized carbons (Fsp3) is 0.311. The van der Waals surface area contributed by atoms with Gasteiger partial charge in [-0.05, 0) is 97.9 Å². The lowest BCUT2D eigenvalue weighted by atomic mass is 9.51. The van der Waals surface area contributed by atoms with E-state index in [4.69, 9.17) is 16.7 Å². The Hall–Kier alpha value is -5.32. The SMILES string of the molecule is C=CCc1cccc([C@H]2C3=CC[C@@H]4C(=O)N(c5ccc(CC)cc5)C(=O)[C@@H]4[C@@H]3C[C@H]3C(=O)N(c4cc(-c5sc6ccc(Cl)cc6c5C)nn4C)C(=O)[C@@]23C)c1O. The van der Waals surface area contributed by atoms with Gasteiger partial charge in [-0.1, -0.05) is 66.6 Å². The maximum absolute atomic E-state index is 15.2. The number of aryl methyl sites for hydroxylation is 3. The minimum absolute atomic E-state index is 0.0365. The summed E-state index contributed by atoms with van der Waals surface area (Å²) in [6.07, 6.45) is 5.46. The number of thiophene rings is 1. The number of benzene rings is 3. The summed E-state index contributed by atoms with van der Waals surface area (Å²) in [5.41, 5.74) is 3.91. The van der Waals surface area contributed by atoms with Gasteiger partial charge in [0.1, 0.15) is 17.3 Å². The van der Waals surface area contributed by atoms with Gasteiger partial charge >= 0.3 is 0 Å². The number of carbonyl (C=O) groups is 4. The molecule has 2 aliphatic carbocycles. The fourth-order valence-electron chi connectivity index (χ4n) is 10.1. The number of phenols is 1. The molecular formula is C45H41ClN4O5S. The van der Waals surface area contributed by atoms with Gasteiger partial charge in [0, 0.05) is 34.3 Å². The number of nitrogens with zero attached hydrogens (tertiary/aromatic N) is 4. The van der Waals surface area contributed by atoms with Crippen molar-refractivity contribution in [3.63, 3.8) is 0 Å². The van der Waals surface area contributed by atoms with Gasteiger partial charge in [0.25, 0.3) is 0 Å². The van der Waals surface area contributed by atoms with Crippen LogP contribution in [0.1, 0.15) is 54.9 Å². The number of imide groups is 2. The molecule has 3 fully saturated rings. The summed E-state index contributed by atoms with van der Waals surface area (Å²) in [7, 11) is 1.72. The zero-order chi connectivity index (χ0) is 39.4. The topological polar surface area (TPSA) is 113 Å². The Morgan fingerprint density at radius 3 is 2.50 bits per heavy atom. The lowest BCUT2D eigenvalue weighted by molar-refractivity contribution is -0.131. The van der Waals surface area contributed by atoms with Crippen LogP contribution in [0.15, 0.2) is 91.0 Å². The number of carbonyl (C=O) groups excluding carboxylic acids is 4. The highest BCUT2D eigenvalue weighted by molar-refractivity contribution is 7.22. The van der Waals surface area contributed by atoms with E-state index in [2.05, 4.69) is 6.58 Å². The van der Waals surface area contributed by atoms with E-state index >= 15 is 4.79 Å². The number of amides is 4. The molecule has 2 saturated heterocycles. The van der Waals surface area contributed by atoms with E-state index in [9.17, 15) is 19.5 Å². The molecule has 5 aromatic rings. The average Bonchev–Trinajstić information content (AvgIpc) is 3.86. The second-order valence-corrected chi connectivity index (χ2v) is 17.2. The third kappa shape index (κ3) is 5.07. The molecule has 6 atom stereocenters. The largest absolute Gasteiger partial charge is 0.507 e. The molecule has 0 radical (unpaired) electrons. The van der Waals surface area contributed by atoms with Crippen LogP contribution in [0.3, 0.4) is 0 Å². The second-order valence-electron chi connectivity index (χ2n) is 15.7. The summed E-state index contributed by atoms with van der Waals surface area (Å²) in [5.74, 6) is -4.38. The van der Waals surface area contributed by atoms with Crippen molar-refractivity contribution < 1.29 is 24.3 Å². The van der Waals surface area contributed by atoms with Crippen molar-refractivity contribution in [2.24, 2.45) is 36.1 Å². The van der Waals surface area contributed by atoms with Gasteiger partial charge in [0.15, 0.2) is 0 Å². The van der Waals surface area contributed by atoms with Crippen LogP contribution in [0, 0.1) is 36.0 Å². The fourth-order valence-corrected chi connectivity index (χ4v) is 11.4. The molecule has 0 spiro atoms. The molecule has 56 heavy (non-hydrogen) atoms. The first-order valence-corrected chi connectivity index (χ1v) is 20.3. The number of hydrogen-bond acceptors (Lipinski definition) is 7. The molecule has 9 rings (SSSR count). The van der Waals surface area contributed by atoms with Crippen LogP contribution < -0.4 is 9.80 Å². The van der Waals surface area contributed by atoms with Crippen LogP contribution in [0.4, 0.5) is 11.5 Å². The molecule has 4 aliphatic rings. The molecule has 2 aliphatic heterocycles. The molecule has 0 unspecified atom stereocenters. The number of rotatable bonds is 7. The lowest BCUT2D eigenvalue weighted by Crippen LogP contribution is -2.49. The number of anilines is 2. The van der Waals surface area contributed by atoms with E-state index < -0.39 is 40.9 Å². The molecule has 4 amide bonds. The predicted molar refractivity (Wildman–Crippen MR) is 219 cm³/mol. The Kier molecular flexibility index (Phi) is 8.52. The summed E-state index contributed by atoms with van der Waals surface area (Å²) in [6, 6.07) is 20.5. The molecule has 0 bridgehead atoms. The minimum Gasteiger partial charge on any atom is -0.507 e. The Labute approximate surface area is 333 Å². The van der Waals surface area contributed by atoms with Crippen molar-refractivity contribution in [1.29, 1.82) is 0 Å². The normalized spacial score (nSPS) is 25.8. The lowest BCUT2D eigenvalue weighted by Gasteiger charge is -2.49. The molecule has 9 nitrogen and oxygen atoms in total. The Morgan fingerprint density at radius 1 is 1.00 bits per heavy atom. The quantitative estimate of drug-likeness (QED) is 0.131. The maximum atomic E-state index is 15.2. The molecule has 11 heteroatoms. The third-order valence-electron chi connectivity index (χ3n) is 12.9. The molecule has 1 N–H and O–H groups in total. The van der Waals surface area contributed by atoms with Crippen molar-refractivity contribution in [3.8, 4) is 16.3 Å². The Morgan fingerprint density at radius 2 is 1.77 bits per heavy atom. The zero-order valence-corrected chi connectivity index (χ0v) is 33.2. The van der Waals surface area contributed by atoms with Crippen molar-refractivity contribution >= 4 is 68.2 Å². The summed E-state index contributed by atoms with van der Waals surface area (Å²) in [5, 5.41) is 18.4. The summed E-state index contributed by atoms with van der Waals surface area (Å²) in [6.45, 7) is 9.75. The smallest absolute Gasteiger partial charge is 0.242 e. The van der Waals surface area contributed by atoms with Gasteiger partial charge < -0.3 is 5.11 Å². The van der Waals surface area contributed by atoms with Gasteiger partial charge in [-0.2, -0.15) is 5.10 Å². The summed E-state index contributed by atoms with van der Waals surface area (Å²) >= 11 is 7.90. The van der Waals surface area contributed by atoms with Gasteiger partial charge in [-0.15, -0.1) is 17.9 Å². The minimum atomic E-state index is -1.33. The van der Waals surface area contributed by atoms with Crippen LogP contribution in [-0.2, 0) is 39.1 Å². The van der Waals surface area contributed by atoms with Crippen molar-refractivity contribution in [1.82, 2.24) is 9.78 Å². The Bertz CT molecular complexity index is 2570. The van der Waals surface area contributed by atoms with E-state index in [1.165, 1.54) is 9.80 Å². The highest BCUT2D eigenvalue weighted by atomic mass is 35.5. The standard InChI is InChI=1S/C45H41ClN4O5S/c1-6-9-25-10-8-11-30(39(25)51)38-28-17-18-29-37(43(54)49(41(29)52)27-15-12-24(7-2)13-16-27)32(28)21-33-42(53)50(44(55)45(33,38)4)36-22-34(47-48(36)5)40-23(3)31-20-26(46)14-19-35(31)56-40/h6,8,10-17,19-20,22,29,32-33,37-38,51H,1,7,9,18,21H2,2-5H3/t29-,32+,33-,37-,38+,45+/m0/s1. The van der Waals surface area contributed by atoms with E-state index in [0.717, 1.165) is 38.1 Å². The predicted octanol–water partition coefficient (Wildman–Crippen LogP) is 8.70. The van der Waals surface area contributed by atoms with Crippen molar-refractivity contribution in [2.45, 2.75) is 52.4 Å². The molecular weight excluding hydrogens is 744 g/mol. The van der Waals surface area contributed by atoms with Crippen LogP contribution in [0.5, 0.6) is 5.75 Å². The summed E-state index contributed by atoms with van der Waals surface area (Å²) in [4.78, 5) is 62.3. The zero-order valence-electron chi connectivity index (χ0n) is 31.6. The molecule has 284 valence electrons. The molecule has 1 saturated carbocycles. The van der Waals surface area contributed by atoms with Gasteiger partial charge in [0.05, 0.1) is 33.7 Å². The monoisotopic (exact) mass is 784 g/mol. The van der Waals surface area contributed by atoms with E-state index in [0.29, 0.717) is 46.2 Å². The van der Waals surface area contributed by atoms with Crippen LogP contribution in [0.25, 0.3) is 20.7 Å². The first-order valence-electron chi connectivity index (χ1n) is 19.1. The van der Waals surface area contributed by atoms with Crippen LogP contribution in [-0.4, -0.2) is 38.5 Å². The number of aromatic hydroxyl groups is 1. The first-order chi connectivity index (χ1) is 26.9. The van der Waals surface area contributed by atoms with Crippen molar-refractivity contribution in [2.75, 3.05) is 9.80 Å². The van der Waals surface area contributed by atoms with Crippen LogP contribution >= 0.6 is 22.9 Å². The number of allylic oxidation sites excluding steroid dienone is 3. The number of para-hydroxylation sites is 1. The number of hydrogen-bond donors (Lipinski definition) is 1. The third-order valence-corrected chi connectivity index (χ3v) is 14.4. The number of phenolic OH excluding ortho intramolecular Hbond substituents is 1. The summed E-state index contributed by atoms with van der Waals surface area (Å²) < 4.78 is 2.62. The van der Waals surface area contributed by atoms with E-state index in [1.54, 1.807) is 35.2 Å². The van der Waals surface area contributed by atoms with E-state index in [1.807, 2.05) is 87.5 Å². The number of aromatic nitrogens is 2. The molecule has 3 aromatic carbocycles. The first kappa shape index (κ1) is 36.3. The van der Waals surface area contributed by atoms with Crippen LogP contribution in [0.2, 0.25) is 5.02 Å². The van der Waals surface area contributed by atoms with Gasteiger partial charge in [-0.3, -0.25) is 28.8 Å².